The molecule has 0 radical (unpaired) electrons. The Morgan fingerprint density at radius 1 is 0.971 bits per heavy atom. The van der Waals surface area contributed by atoms with Crippen LogP contribution >= 0.6 is 12.2 Å². The zero-order valence-corrected chi connectivity index (χ0v) is 23.8. The summed E-state index contributed by atoms with van der Waals surface area (Å²) in [6, 6.07) is 0.545. The number of nitrogens with one attached hydrogen (secondary N) is 1. The molecule has 0 amide bonds. The van der Waals surface area contributed by atoms with E-state index in [1.54, 1.807) is 0 Å². The van der Waals surface area contributed by atoms with Gasteiger partial charge in [-0.25, -0.2) is 4.39 Å². The van der Waals surface area contributed by atoms with Crippen molar-refractivity contribution in [2.45, 2.75) is 124 Å². The fourth-order valence-electron chi connectivity index (χ4n) is 8.35. The topological polar surface area (TPSA) is 21.3 Å². The third-order valence-corrected chi connectivity index (χ3v) is 11.1. The molecule has 198 valence electrons. The van der Waals surface area contributed by atoms with Crippen LogP contribution in [0.25, 0.3) is 0 Å². The van der Waals surface area contributed by atoms with E-state index in [-0.39, 0.29) is 6.67 Å². The van der Waals surface area contributed by atoms with Gasteiger partial charge in [-0.3, -0.25) is 0 Å². The standard InChI is InChI=1S/C28H48FNOS.C2H6/c1-27(2)14-12-25-20(5-4-6-22(27)9-8-21-13-18-31-26(21)32)7-10-23-19-24(30-17-16-29)11-15-28(23,25)3;1-2/h20-25,30H,4-19H2,1-3H3;1-2H3. The molecule has 1 N–H and O–H groups in total. The van der Waals surface area contributed by atoms with Gasteiger partial charge in [0.1, 0.15) is 6.67 Å². The monoisotopic (exact) mass is 495 g/mol. The maximum atomic E-state index is 12.7. The van der Waals surface area contributed by atoms with Gasteiger partial charge in [0.25, 0.3) is 0 Å². The predicted octanol–water partition coefficient (Wildman–Crippen LogP) is 8.52. The van der Waals surface area contributed by atoms with Crippen LogP contribution in [0, 0.1) is 40.4 Å². The normalized spacial score (nSPS) is 39.9. The first-order valence-electron chi connectivity index (χ1n) is 14.8. The molecule has 4 fully saturated rings. The molecule has 1 saturated heterocycles. The molecular weight excluding hydrogens is 441 g/mol. The average molecular weight is 496 g/mol. The Hall–Kier alpha value is -0.220. The highest BCUT2D eigenvalue weighted by molar-refractivity contribution is 7.80. The van der Waals surface area contributed by atoms with Crippen LogP contribution in [0.1, 0.15) is 118 Å². The number of hydrogen-bond donors (Lipinski definition) is 1. The van der Waals surface area contributed by atoms with Crippen molar-refractivity contribution in [3.8, 4) is 0 Å². The van der Waals surface area contributed by atoms with Crippen molar-refractivity contribution in [3.05, 3.63) is 0 Å². The van der Waals surface area contributed by atoms with Crippen LogP contribution in [0.15, 0.2) is 0 Å². The summed E-state index contributed by atoms with van der Waals surface area (Å²) in [4.78, 5) is 0. The highest BCUT2D eigenvalue weighted by Gasteiger charge is 2.50. The van der Waals surface area contributed by atoms with Crippen LogP contribution in [0.3, 0.4) is 0 Å². The second-order valence-corrected chi connectivity index (χ2v) is 13.0. The van der Waals surface area contributed by atoms with E-state index in [9.17, 15) is 4.39 Å². The van der Waals surface area contributed by atoms with Gasteiger partial charge in [-0.15, -0.1) is 0 Å². The van der Waals surface area contributed by atoms with E-state index in [4.69, 9.17) is 17.0 Å². The van der Waals surface area contributed by atoms with Crippen molar-refractivity contribution >= 4 is 17.3 Å². The Bertz CT molecular complexity index is 639. The van der Waals surface area contributed by atoms with E-state index in [1.807, 2.05) is 13.8 Å². The van der Waals surface area contributed by atoms with Crippen LogP contribution in [0.5, 0.6) is 0 Å². The van der Waals surface area contributed by atoms with Gasteiger partial charge in [-0.05, 0) is 117 Å². The summed E-state index contributed by atoms with van der Waals surface area (Å²) < 4.78 is 18.3. The quantitative estimate of drug-likeness (QED) is 0.373. The first-order chi connectivity index (χ1) is 16.3. The molecule has 1 heterocycles. The van der Waals surface area contributed by atoms with E-state index in [0.29, 0.717) is 29.3 Å². The Labute approximate surface area is 215 Å². The van der Waals surface area contributed by atoms with Crippen LogP contribution < -0.4 is 5.32 Å². The van der Waals surface area contributed by atoms with E-state index in [0.717, 1.165) is 41.7 Å². The second-order valence-electron chi connectivity index (χ2n) is 12.6. The SMILES string of the molecule is CC.CC1(C)CCC2C(CCCC1CCC1CCOC1=S)CCC1CC(NCCF)CCC12C. The first kappa shape index (κ1) is 28.4. The van der Waals surface area contributed by atoms with E-state index in [2.05, 4.69) is 26.1 Å². The van der Waals surface area contributed by atoms with Crippen LogP contribution in [-0.4, -0.2) is 30.9 Å². The van der Waals surface area contributed by atoms with Gasteiger partial charge < -0.3 is 10.1 Å². The lowest BCUT2D eigenvalue weighted by Gasteiger charge is -2.56. The minimum atomic E-state index is -0.237. The Balaban J connectivity index is 0.00000158. The summed E-state index contributed by atoms with van der Waals surface area (Å²) >= 11 is 5.46. The molecular formula is C30H54FNOS. The second kappa shape index (κ2) is 12.8. The number of rotatable bonds is 6. The molecule has 4 aliphatic rings. The average Bonchev–Trinajstić information content (AvgIpc) is 3.26. The number of alkyl halides is 1. The van der Waals surface area contributed by atoms with E-state index < -0.39 is 0 Å². The third kappa shape index (κ3) is 6.55. The van der Waals surface area contributed by atoms with E-state index >= 15 is 0 Å². The van der Waals surface area contributed by atoms with Gasteiger partial charge >= 0.3 is 0 Å². The number of thiocarbonyl (C=S) groups is 1. The molecule has 0 bridgehead atoms. The summed E-state index contributed by atoms with van der Waals surface area (Å²) in [5, 5.41) is 4.37. The van der Waals surface area contributed by atoms with Gasteiger partial charge in [-0.1, -0.05) is 47.5 Å². The van der Waals surface area contributed by atoms with Crippen LogP contribution in [0.4, 0.5) is 4.39 Å². The summed E-state index contributed by atoms with van der Waals surface area (Å²) in [7, 11) is 0. The highest BCUT2D eigenvalue weighted by atomic mass is 32.1. The summed E-state index contributed by atoms with van der Waals surface area (Å²) in [6.45, 7) is 12.9. The lowest BCUT2D eigenvalue weighted by atomic mass is 9.50. The van der Waals surface area contributed by atoms with Gasteiger partial charge in [0, 0.05) is 18.5 Å². The Morgan fingerprint density at radius 2 is 1.76 bits per heavy atom. The zero-order valence-electron chi connectivity index (χ0n) is 23.0. The molecule has 4 rings (SSSR count). The molecule has 3 saturated carbocycles. The molecule has 34 heavy (non-hydrogen) atoms. The summed E-state index contributed by atoms with van der Waals surface area (Å²) in [5.74, 6) is 3.99. The zero-order chi connectivity index (χ0) is 24.8. The molecule has 1 aliphatic heterocycles. The minimum Gasteiger partial charge on any atom is -0.487 e. The maximum absolute atomic E-state index is 12.7. The molecule has 4 heteroatoms. The molecule has 0 aromatic rings. The van der Waals surface area contributed by atoms with Gasteiger partial charge in [-0.2, -0.15) is 0 Å². The van der Waals surface area contributed by atoms with Gasteiger partial charge in [0.05, 0.1) is 6.61 Å². The van der Waals surface area contributed by atoms with Crippen molar-refractivity contribution in [3.63, 3.8) is 0 Å². The first-order valence-corrected chi connectivity index (χ1v) is 15.2. The Morgan fingerprint density at radius 3 is 2.47 bits per heavy atom. The van der Waals surface area contributed by atoms with Crippen LogP contribution in [-0.2, 0) is 4.74 Å². The fourth-order valence-corrected chi connectivity index (χ4v) is 8.67. The van der Waals surface area contributed by atoms with Crippen molar-refractivity contribution in [1.82, 2.24) is 5.32 Å². The fraction of sp³-hybridized carbons (Fsp3) is 0.967. The van der Waals surface area contributed by atoms with Crippen molar-refractivity contribution in [2.75, 3.05) is 19.8 Å². The molecule has 2 nitrogen and oxygen atoms in total. The number of halogens is 1. The summed E-state index contributed by atoms with van der Waals surface area (Å²) in [5.41, 5.74) is 0.916. The lowest BCUT2D eigenvalue weighted by molar-refractivity contribution is -0.0529. The molecule has 7 unspecified atom stereocenters. The number of fused-ring (bicyclic) bond motifs is 3. The molecule has 0 spiro atoms. The summed E-state index contributed by atoms with van der Waals surface area (Å²) in [6.07, 6.45) is 17.4. The minimum absolute atomic E-state index is 0.237. The van der Waals surface area contributed by atoms with Crippen LogP contribution in [0.2, 0.25) is 0 Å². The lowest BCUT2D eigenvalue weighted by Crippen LogP contribution is -2.50. The van der Waals surface area contributed by atoms with Gasteiger partial charge in [0.2, 0.25) is 0 Å². The van der Waals surface area contributed by atoms with Crippen molar-refractivity contribution < 1.29 is 9.13 Å². The molecule has 3 aliphatic carbocycles. The molecule has 7 atom stereocenters. The maximum Gasteiger partial charge on any atom is 0.162 e. The van der Waals surface area contributed by atoms with Crippen molar-refractivity contribution in [2.24, 2.45) is 40.4 Å². The molecule has 0 aromatic carbocycles. The Kier molecular flexibility index (Phi) is 10.7. The predicted molar refractivity (Wildman–Crippen MR) is 147 cm³/mol. The molecule has 0 aromatic heterocycles. The van der Waals surface area contributed by atoms with Crippen molar-refractivity contribution in [1.29, 1.82) is 0 Å². The third-order valence-electron chi connectivity index (χ3n) is 10.6. The smallest absolute Gasteiger partial charge is 0.162 e. The highest BCUT2D eigenvalue weighted by Crippen LogP contribution is 2.59. The number of ether oxygens (including phenoxy) is 1. The van der Waals surface area contributed by atoms with E-state index in [1.165, 1.54) is 77.0 Å². The largest absolute Gasteiger partial charge is 0.487 e. The van der Waals surface area contributed by atoms with Gasteiger partial charge in [0.15, 0.2) is 5.05 Å². The number of hydrogen-bond acceptors (Lipinski definition) is 3.